The van der Waals surface area contributed by atoms with E-state index in [-0.39, 0.29) is 5.41 Å². The SMILES string of the molecule is CC(C)(C)c1ccc(CC2(CN)CC2)cc1. The molecule has 0 amide bonds. The summed E-state index contributed by atoms with van der Waals surface area (Å²) in [5.74, 6) is 0. The molecule has 2 N–H and O–H groups in total. The van der Waals surface area contributed by atoms with Crippen LogP contribution in [-0.2, 0) is 11.8 Å². The first-order valence-corrected chi connectivity index (χ1v) is 6.25. The van der Waals surface area contributed by atoms with E-state index in [1.807, 2.05) is 0 Å². The minimum Gasteiger partial charge on any atom is -0.330 e. The second-order valence-electron chi connectivity index (χ2n) is 6.33. The normalized spacial score (nSPS) is 18.5. The number of benzene rings is 1. The molecule has 0 saturated heterocycles. The van der Waals surface area contributed by atoms with Crippen LogP contribution in [0.5, 0.6) is 0 Å². The van der Waals surface area contributed by atoms with E-state index in [0.717, 1.165) is 13.0 Å². The van der Waals surface area contributed by atoms with Gasteiger partial charge < -0.3 is 5.73 Å². The van der Waals surface area contributed by atoms with Crippen LogP contribution in [0.2, 0.25) is 0 Å². The summed E-state index contributed by atoms with van der Waals surface area (Å²) in [4.78, 5) is 0. The molecule has 0 spiro atoms. The quantitative estimate of drug-likeness (QED) is 0.826. The molecule has 1 aromatic rings. The van der Waals surface area contributed by atoms with E-state index in [1.54, 1.807) is 0 Å². The van der Waals surface area contributed by atoms with Crippen LogP contribution >= 0.6 is 0 Å². The summed E-state index contributed by atoms with van der Waals surface area (Å²) in [6.45, 7) is 7.60. The van der Waals surface area contributed by atoms with Crippen LogP contribution in [0.25, 0.3) is 0 Å². The predicted molar refractivity (Wildman–Crippen MR) is 69.6 cm³/mol. The van der Waals surface area contributed by atoms with Gasteiger partial charge in [-0.1, -0.05) is 45.0 Å². The Hall–Kier alpha value is -0.820. The molecule has 1 heteroatoms. The minimum atomic E-state index is 0.254. The third-order valence-electron chi connectivity index (χ3n) is 3.79. The maximum atomic E-state index is 5.82. The molecule has 16 heavy (non-hydrogen) atoms. The molecule has 1 nitrogen and oxygen atoms in total. The summed E-state index contributed by atoms with van der Waals surface area (Å²) in [6, 6.07) is 9.08. The maximum Gasteiger partial charge on any atom is -0.00173 e. The maximum absolute atomic E-state index is 5.82. The molecule has 0 aliphatic heterocycles. The molecule has 1 aliphatic carbocycles. The molecule has 1 aromatic carbocycles. The van der Waals surface area contributed by atoms with Gasteiger partial charge in [-0.3, -0.25) is 0 Å². The number of hydrogen-bond donors (Lipinski definition) is 1. The van der Waals surface area contributed by atoms with Crippen LogP contribution in [0.15, 0.2) is 24.3 Å². The van der Waals surface area contributed by atoms with Gasteiger partial charge in [0.15, 0.2) is 0 Å². The van der Waals surface area contributed by atoms with Gasteiger partial charge >= 0.3 is 0 Å². The van der Waals surface area contributed by atoms with Crippen LogP contribution in [0, 0.1) is 5.41 Å². The molecule has 1 saturated carbocycles. The Morgan fingerprint density at radius 1 is 1.12 bits per heavy atom. The van der Waals surface area contributed by atoms with Crippen molar-refractivity contribution in [2.75, 3.05) is 6.54 Å². The van der Waals surface area contributed by atoms with Crippen LogP contribution in [0.3, 0.4) is 0 Å². The molecule has 0 bridgehead atoms. The summed E-state index contributed by atoms with van der Waals surface area (Å²) in [5.41, 5.74) is 9.37. The molecular weight excluding hydrogens is 194 g/mol. The summed E-state index contributed by atoms with van der Waals surface area (Å²) in [5, 5.41) is 0. The van der Waals surface area contributed by atoms with Gasteiger partial charge in [0.2, 0.25) is 0 Å². The van der Waals surface area contributed by atoms with E-state index in [0.29, 0.717) is 5.41 Å². The van der Waals surface area contributed by atoms with Crippen molar-refractivity contribution in [2.45, 2.75) is 45.4 Å². The van der Waals surface area contributed by atoms with Crippen LogP contribution in [0.4, 0.5) is 0 Å². The minimum absolute atomic E-state index is 0.254. The highest BCUT2D eigenvalue weighted by molar-refractivity contribution is 5.28. The Kier molecular flexibility index (Phi) is 2.83. The lowest BCUT2D eigenvalue weighted by Gasteiger charge is -2.20. The number of rotatable bonds is 3. The predicted octanol–water partition coefficient (Wildman–Crippen LogP) is 3.27. The highest BCUT2D eigenvalue weighted by Crippen LogP contribution is 2.47. The van der Waals surface area contributed by atoms with E-state index in [2.05, 4.69) is 45.0 Å². The Labute approximate surface area is 99.0 Å². The van der Waals surface area contributed by atoms with E-state index >= 15 is 0 Å². The third-order valence-corrected chi connectivity index (χ3v) is 3.79. The zero-order valence-corrected chi connectivity index (χ0v) is 10.7. The standard InChI is InChI=1S/C15H23N/c1-14(2,3)13-6-4-12(5-7-13)10-15(11-16)8-9-15/h4-7H,8-11,16H2,1-3H3. The Bertz CT molecular complexity index is 352. The highest BCUT2D eigenvalue weighted by Gasteiger charge is 2.40. The molecule has 0 heterocycles. The largest absolute Gasteiger partial charge is 0.330 e. The van der Waals surface area contributed by atoms with E-state index in [9.17, 15) is 0 Å². The molecule has 88 valence electrons. The van der Waals surface area contributed by atoms with Gasteiger partial charge in [0.1, 0.15) is 0 Å². The van der Waals surface area contributed by atoms with Crippen molar-refractivity contribution in [3.8, 4) is 0 Å². The average molecular weight is 217 g/mol. The van der Waals surface area contributed by atoms with Crippen molar-refractivity contribution in [2.24, 2.45) is 11.1 Å². The van der Waals surface area contributed by atoms with Gasteiger partial charge in [-0.25, -0.2) is 0 Å². The second kappa shape index (κ2) is 3.89. The third kappa shape index (κ3) is 2.46. The second-order valence-corrected chi connectivity index (χ2v) is 6.33. The van der Waals surface area contributed by atoms with E-state index in [4.69, 9.17) is 5.73 Å². The smallest absolute Gasteiger partial charge is 0.00173 e. The first kappa shape index (κ1) is 11.7. The first-order chi connectivity index (χ1) is 7.45. The van der Waals surface area contributed by atoms with Crippen LogP contribution < -0.4 is 5.73 Å². The van der Waals surface area contributed by atoms with Gasteiger partial charge in [-0.05, 0) is 47.8 Å². The molecule has 0 aromatic heterocycles. The lowest BCUT2D eigenvalue weighted by atomic mass is 9.86. The Morgan fingerprint density at radius 3 is 2.06 bits per heavy atom. The fourth-order valence-electron chi connectivity index (χ4n) is 2.19. The summed E-state index contributed by atoms with van der Waals surface area (Å²) < 4.78 is 0. The fraction of sp³-hybridized carbons (Fsp3) is 0.600. The van der Waals surface area contributed by atoms with Gasteiger partial charge in [0.05, 0.1) is 0 Å². The van der Waals surface area contributed by atoms with Crippen LogP contribution in [0.1, 0.15) is 44.7 Å². The average Bonchev–Trinajstić information content (AvgIpc) is 2.98. The fourth-order valence-corrected chi connectivity index (χ4v) is 2.19. The Balaban J connectivity index is 2.08. The van der Waals surface area contributed by atoms with E-state index < -0.39 is 0 Å². The molecule has 1 aliphatic rings. The molecule has 0 radical (unpaired) electrons. The van der Waals surface area contributed by atoms with Crippen LogP contribution in [-0.4, -0.2) is 6.54 Å². The van der Waals surface area contributed by atoms with Crippen molar-refractivity contribution in [1.29, 1.82) is 0 Å². The lowest BCUT2D eigenvalue weighted by Crippen LogP contribution is -2.18. The van der Waals surface area contributed by atoms with E-state index in [1.165, 1.54) is 24.0 Å². The zero-order valence-electron chi connectivity index (χ0n) is 10.7. The van der Waals surface area contributed by atoms with Gasteiger partial charge in [0.25, 0.3) is 0 Å². The number of hydrogen-bond acceptors (Lipinski definition) is 1. The highest BCUT2D eigenvalue weighted by atomic mass is 14.6. The topological polar surface area (TPSA) is 26.0 Å². The summed E-state index contributed by atoms with van der Waals surface area (Å²) in [7, 11) is 0. The van der Waals surface area contributed by atoms with Crippen molar-refractivity contribution >= 4 is 0 Å². The van der Waals surface area contributed by atoms with Crippen molar-refractivity contribution in [3.05, 3.63) is 35.4 Å². The number of nitrogens with two attached hydrogens (primary N) is 1. The van der Waals surface area contributed by atoms with Crippen molar-refractivity contribution < 1.29 is 0 Å². The lowest BCUT2D eigenvalue weighted by molar-refractivity contribution is 0.520. The molecule has 1 fully saturated rings. The molecule has 2 rings (SSSR count). The summed E-state index contributed by atoms with van der Waals surface area (Å²) >= 11 is 0. The van der Waals surface area contributed by atoms with Crippen molar-refractivity contribution in [1.82, 2.24) is 0 Å². The van der Waals surface area contributed by atoms with Gasteiger partial charge in [-0.15, -0.1) is 0 Å². The van der Waals surface area contributed by atoms with Gasteiger partial charge in [0, 0.05) is 0 Å². The summed E-state index contributed by atoms with van der Waals surface area (Å²) in [6.07, 6.45) is 3.78. The molecule has 0 atom stereocenters. The first-order valence-electron chi connectivity index (χ1n) is 6.25. The van der Waals surface area contributed by atoms with Crippen molar-refractivity contribution in [3.63, 3.8) is 0 Å². The zero-order chi connectivity index (χ0) is 11.8. The Morgan fingerprint density at radius 2 is 1.69 bits per heavy atom. The molecular formula is C15H23N. The van der Waals surface area contributed by atoms with Gasteiger partial charge in [-0.2, -0.15) is 0 Å². The molecule has 0 unspecified atom stereocenters. The monoisotopic (exact) mass is 217 g/mol.